The van der Waals surface area contributed by atoms with Gasteiger partial charge in [0.25, 0.3) is 5.91 Å². The molecule has 0 aliphatic carbocycles. The summed E-state index contributed by atoms with van der Waals surface area (Å²) in [6, 6.07) is 4.19. The van der Waals surface area contributed by atoms with Gasteiger partial charge >= 0.3 is 12.0 Å². The fourth-order valence-corrected chi connectivity index (χ4v) is 4.31. The minimum atomic E-state index is -0.487. The first kappa shape index (κ1) is 23.6. The van der Waals surface area contributed by atoms with Crippen molar-refractivity contribution in [2.24, 2.45) is 0 Å². The normalized spacial score (nSPS) is 21.9. The number of nitrogens with zero attached hydrogens (tertiary/aromatic N) is 2. The van der Waals surface area contributed by atoms with Crippen LogP contribution in [0.25, 0.3) is 0 Å². The first-order valence-corrected chi connectivity index (χ1v) is 11.0. The standard InChI is InChI=1S/C23H28N4O7/c1-12-21(13(2)34-26-12)25-23(30)24-14-5-8-18-16(9-14)22(29)27(3)17-7-6-15(10-20(28)31-4)33-19(17)11-32-18/h5,8-9,15,17,19H,6-7,10-11H2,1-4H3,(H2,24,25,30)/t15-,17-,19+/m0/s1. The van der Waals surface area contributed by atoms with E-state index in [0.717, 1.165) is 0 Å². The molecule has 2 aliphatic rings. The van der Waals surface area contributed by atoms with Gasteiger partial charge in [0.2, 0.25) is 0 Å². The molecule has 0 saturated carbocycles. The third-order valence-electron chi connectivity index (χ3n) is 6.16. The van der Waals surface area contributed by atoms with Crippen molar-refractivity contribution < 1.29 is 33.1 Å². The minimum absolute atomic E-state index is 0.166. The number of carbonyl (C=O) groups is 3. The molecular formula is C23H28N4O7. The largest absolute Gasteiger partial charge is 0.490 e. The number of benzene rings is 1. The zero-order valence-corrected chi connectivity index (χ0v) is 19.5. The van der Waals surface area contributed by atoms with Crippen molar-refractivity contribution in [2.75, 3.05) is 31.4 Å². The number of esters is 1. The Morgan fingerprint density at radius 2 is 2.03 bits per heavy atom. The summed E-state index contributed by atoms with van der Waals surface area (Å²) in [4.78, 5) is 39.1. The third-order valence-corrected chi connectivity index (χ3v) is 6.16. The summed E-state index contributed by atoms with van der Waals surface area (Å²) in [6.07, 6.45) is 0.820. The van der Waals surface area contributed by atoms with Crippen LogP contribution >= 0.6 is 0 Å². The van der Waals surface area contributed by atoms with Crippen LogP contribution in [0.5, 0.6) is 5.75 Å². The Morgan fingerprint density at radius 3 is 2.74 bits per heavy atom. The van der Waals surface area contributed by atoms with Crippen molar-refractivity contribution in [1.82, 2.24) is 10.1 Å². The van der Waals surface area contributed by atoms with Gasteiger partial charge < -0.3 is 34.3 Å². The average molecular weight is 472 g/mol. The van der Waals surface area contributed by atoms with Crippen LogP contribution in [-0.4, -0.2) is 67.0 Å². The number of rotatable bonds is 4. The summed E-state index contributed by atoms with van der Waals surface area (Å²) in [7, 11) is 3.07. The molecule has 0 spiro atoms. The van der Waals surface area contributed by atoms with E-state index in [-0.39, 0.29) is 43.2 Å². The van der Waals surface area contributed by atoms with E-state index in [0.29, 0.717) is 47.0 Å². The number of amides is 3. The van der Waals surface area contributed by atoms with Gasteiger partial charge in [-0.1, -0.05) is 5.16 Å². The van der Waals surface area contributed by atoms with E-state index in [1.54, 1.807) is 44.0 Å². The minimum Gasteiger partial charge on any atom is -0.490 e. The molecule has 2 aromatic rings. The first-order chi connectivity index (χ1) is 16.3. The number of nitrogens with one attached hydrogen (secondary N) is 2. The highest BCUT2D eigenvalue weighted by Gasteiger charge is 2.39. The van der Waals surface area contributed by atoms with Crippen molar-refractivity contribution in [3.63, 3.8) is 0 Å². The third kappa shape index (κ3) is 4.84. The van der Waals surface area contributed by atoms with E-state index < -0.39 is 6.03 Å². The number of likely N-dealkylation sites (N-methyl/N-ethyl adjacent to an activating group) is 1. The summed E-state index contributed by atoms with van der Waals surface area (Å²) < 4.78 is 21.8. The Bertz CT molecular complexity index is 1080. The number of carbonyl (C=O) groups excluding carboxylic acids is 3. The smallest absolute Gasteiger partial charge is 0.323 e. The molecule has 3 atom stereocenters. The molecule has 4 rings (SSSR count). The molecule has 1 aromatic carbocycles. The van der Waals surface area contributed by atoms with Crippen LogP contribution in [0.1, 0.15) is 41.1 Å². The molecule has 11 heteroatoms. The molecule has 2 aliphatic heterocycles. The van der Waals surface area contributed by atoms with Gasteiger partial charge in [0.15, 0.2) is 5.76 Å². The van der Waals surface area contributed by atoms with Crippen LogP contribution in [0.4, 0.5) is 16.2 Å². The van der Waals surface area contributed by atoms with Crippen LogP contribution in [-0.2, 0) is 14.3 Å². The zero-order chi connectivity index (χ0) is 24.4. The Labute approximate surface area is 196 Å². The second-order valence-corrected chi connectivity index (χ2v) is 8.44. The van der Waals surface area contributed by atoms with Gasteiger partial charge in [-0.05, 0) is 44.9 Å². The molecule has 182 valence electrons. The van der Waals surface area contributed by atoms with Crippen molar-refractivity contribution in [2.45, 2.75) is 51.4 Å². The number of urea groups is 1. The molecule has 0 unspecified atom stereocenters. The molecule has 1 saturated heterocycles. The Kier molecular flexibility index (Phi) is 6.73. The van der Waals surface area contributed by atoms with Gasteiger partial charge in [0.1, 0.15) is 29.8 Å². The van der Waals surface area contributed by atoms with E-state index in [1.807, 2.05) is 0 Å². The average Bonchev–Trinajstić information content (AvgIpc) is 3.13. The maximum absolute atomic E-state index is 13.3. The number of fused-ring (bicyclic) bond motifs is 2. The van der Waals surface area contributed by atoms with Crippen LogP contribution in [0.2, 0.25) is 0 Å². The molecule has 2 N–H and O–H groups in total. The number of anilines is 2. The van der Waals surface area contributed by atoms with Gasteiger partial charge in [-0.2, -0.15) is 0 Å². The molecule has 0 radical (unpaired) electrons. The number of hydrogen-bond acceptors (Lipinski definition) is 8. The van der Waals surface area contributed by atoms with Crippen LogP contribution < -0.4 is 15.4 Å². The van der Waals surface area contributed by atoms with Gasteiger partial charge in [-0.25, -0.2) is 4.79 Å². The van der Waals surface area contributed by atoms with Crippen molar-refractivity contribution >= 4 is 29.3 Å². The topological polar surface area (TPSA) is 132 Å². The van der Waals surface area contributed by atoms with E-state index >= 15 is 0 Å². The highest BCUT2D eigenvalue weighted by molar-refractivity contribution is 6.03. The van der Waals surface area contributed by atoms with E-state index in [9.17, 15) is 14.4 Å². The lowest BCUT2D eigenvalue weighted by molar-refractivity contribution is -0.151. The predicted octanol–water partition coefficient (Wildman–Crippen LogP) is 2.88. The molecular weight excluding hydrogens is 444 g/mol. The SMILES string of the molecule is COC(=O)C[C@@H]1CC[C@H]2[C@@H](COc3ccc(NC(=O)Nc4c(C)noc4C)cc3C(=O)N2C)O1. The summed E-state index contributed by atoms with van der Waals surface area (Å²) in [5.74, 6) is 0.317. The zero-order valence-electron chi connectivity index (χ0n) is 19.5. The van der Waals surface area contributed by atoms with Gasteiger partial charge in [-0.15, -0.1) is 0 Å². The molecule has 3 amide bonds. The van der Waals surface area contributed by atoms with Crippen LogP contribution in [0.15, 0.2) is 22.7 Å². The lowest BCUT2D eigenvalue weighted by Gasteiger charge is -2.42. The Balaban J connectivity index is 1.48. The summed E-state index contributed by atoms with van der Waals surface area (Å²) in [5, 5.41) is 9.24. The molecule has 34 heavy (non-hydrogen) atoms. The fraction of sp³-hybridized carbons (Fsp3) is 0.478. The highest BCUT2D eigenvalue weighted by Crippen LogP contribution is 2.32. The van der Waals surface area contributed by atoms with Gasteiger partial charge in [0, 0.05) is 12.7 Å². The van der Waals surface area contributed by atoms with Crippen LogP contribution in [0.3, 0.4) is 0 Å². The number of methoxy groups -OCH3 is 1. The Hall–Kier alpha value is -3.60. The lowest BCUT2D eigenvalue weighted by Crippen LogP contribution is -2.53. The first-order valence-electron chi connectivity index (χ1n) is 11.0. The molecule has 0 bridgehead atoms. The molecule has 1 fully saturated rings. The van der Waals surface area contributed by atoms with Crippen molar-refractivity contribution in [3.05, 3.63) is 35.2 Å². The second kappa shape index (κ2) is 9.72. The van der Waals surface area contributed by atoms with E-state index in [2.05, 4.69) is 15.8 Å². The number of hydrogen-bond donors (Lipinski definition) is 2. The monoisotopic (exact) mass is 472 g/mol. The van der Waals surface area contributed by atoms with E-state index in [1.165, 1.54) is 7.11 Å². The second-order valence-electron chi connectivity index (χ2n) is 8.44. The highest BCUT2D eigenvalue weighted by atomic mass is 16.6. The maximum Gasteiger partial charge on any atom is 0.323 e. The lowest BCUT2D eigenvalue weighted by atomic mass is 9.94. The van der Waals surface area contributed by atoms with Crippen molar-refractivity contribution in [3.8, 4) is 5.75 Å². The van der Waals surface area contributed by atoms with Crippen LogP contribution in [0, 0.1) is 13.8 Å². The number of ether oxygens (including phenoxy) is 3. The summed E-state index contributed by atoms with van der Waals surface area (Å²) >= 11 is 0. The number of aryl methyl sites for hydroxylation is 2. The Morgan fingerprint density at radius 1 is 1.24 bits per heavy atom. The molecule has 3 heterocycles. The number of aromatic nitrogens is 1. The predicted molar refractivity (Wildman–Crippen MR) is 121 cm³/mol. The van der Waals surface area contributed by atoms with Gasteiger partial charge in [-0.3, -0.25) is 9.59 Å². The fourth-order valence-electron chi connectivity index (χ4n) is 4.31. The van der Waals surface area contributed by atoms with Gasteiger partial charge in [0.05, 0.1) is 31.2 Å². The summed E-state index contributed by atoms with van der Waals surface area (Å²) in [5.41, 5.74) is 1.84. The maximum atomic E-state index is 13.3. The molecule has 11 nitrogen and oxygen atoms in total. The molecule has 1 aromatic heterocycles. The quantitative estimate of drug-likeness (QED) is 0.649. The summed E-state index contributed by atoms with van der Waals surface area (Å²) in [6.45, 7) is 3.65. The van der Waals surface area contributed by atoms with Crippen molar-refractivity contribution in [1.29, 1.82) is 0 Å². The van der Waals surface area contributed by atoms with E-state index in [4.69, 9.17) is 18.7 Å².